The number of anilines is 2. The summed E-state index contributed by atoms with van der Waals surface area (Å²) in [7, 11) is 0. The van der Waals surface area contributed by atoms with Gasteiger partial charge in [0, 0.05) is 17.3 Å². The molecule has 0 radical (unpaired) electrons. The zero-order chi connectivity index (χ0) is 18.0. The molecule has 0 bridgehead atoms. The van der Waals surface area contributed by atoms with Crippen molar-refractivity contribution in [1.82, 2.24) is 5.32 Å². The number of benzene rings is 2. The minimum atomic E-state index is -1.10. The van der Waals surface area contributed by atoms with E-state index in [1.807, 2.05) is 0 Å². The summed E-state index contributed by atoms with van der Waals surface area (Å²) in [5.74, 6) is -2.77. The van der Waals surface area contributed by atoms with Gasteiger partial charge in [-0.3, -0.25) is 9.59 Å². The zero-order valence-corrected chi connectivity index (χ0v) is 13.6. The molecule has 1 heterocycles. The van der Waals surface area contributed by atoms with E-state index < -0.39 is 29.6 Å². The van der Waals surface area contributed by atoms with Crippen LogP contribution >= 0.6 is 11.6 Å². The molecule has 2 N–H and O–H groups in total. The summed E-state index contributed by atoms with van der Waals surface area (Å²) in [5.41, 5.74) is 0.667. The molecule has 1 atom stereocenters. The number of nitrogens with one attached hydrogen (secondary N) is 2. The van der Waals surface area contributed by atoms with Gasteiger partial charge in [-0.25, -0.2) is 14.1 Å². The Morgan fingerprint density at radius 2 is 1.76 bits per heavy atom. The lowest BCUT2D eigenvalue weighted by Gasteiger charge is -2.30. The van der Waals surface area contributed by atoms with Crippen LogP contribution in [0, 0.1) is 11.7 Å². The third kappa shape index (κ3) is 3.61. The molecule has 0 aromatic heterocycles. The van der Waals surface area contributed by atoms with Gasteiger partial charge in [-0.1, -0.05) is 11.6 Å². The van der Waals surface area contributed by atoms with Crippen LogP contribution < -0.4 is 15.5 Å². The number of amides is 4. The minimum absolute atomic E-state index is 0.116. The highest BCUT2D eigenvalue weighted by Gasteiger charge is 2.39. The summed E-state index contributed by atoms with van der Waals surface area (Å²) in [4.78, 5) is 37.9. The molecule has 2 aromatic carbocycles. The van der Waals surface area contributed by atoms with Crippen molar-refractivity contribution in [3.63, 3.8) is 0 Å². The average molecular weight is 362 g/mol. The summed E-state index contributed by atoms with van der Waals surface area (Å²) in [6.45, 7) is -0.116. The molecule has 2 aromatic rings. The fourth-order valence-electron chi connectivity index (χ4n) is 2.41. The van der Waals surface area contributed by atoms with Crippen molar-refractivity contribution in [2.45, 2.75) is 0 Å². The van der Waals surface area contributed by atoms with Crippen molar-refractivity contribution in [2.75, 3.05) is 16.8 Å². The number of hydrogen-bond donors (Lipinski definition) is 2. The third-order valence-corrected chi connectivity index (χ3v) is 3.94. The van der Waals surface area contributed by atoms with Gasteiger partial charge in [0.25, 0.3) is 0 Å². The van der Waals surface area contributed by atoms with E-state index in [9.17, 15) is 18.8 Å². The van der Waals surface area contributed by atoms with Crippen LogP contribution in [0.5, 0.6) is 0 Å². The van der Waals surface area contributed by atoms with Crippen molar-refractivity contribution < 1.29 is 18.8 Å². The Bertz CT molecular complexity index is 824. The van der Waals surface area contributed by atoms with Gasteiger partial charge in [0.1, 0.15) is 11.7 Å². The maximum atomic E-state index is 12.9. The van der Waals surface area contributed by atoms with Crippen LogP contribution in [-0.4, -0.2) is 24.4 Å². The van der Waals surface area contributed by atoms with Crippen LogP contribution in [0.4, 0.5) is 20.6 Å². The minimum Gasteiger partial charge on any atom is -0.336 e. The Morgan fingerprint density at radius 3 is 2.40 bits per heavy atom. The molecule has 1 unspecified atom stereocenters. The molecule has 128 valence electrons. The lowest BCUT2D eigenvalue weighted by molar-refractivity contribution is -0.130. The van der Waals surface area contributed by atoms with E-state index in [4.69, 9.17) is 11.6 Å². The normalized spacial score (nSPS) is 17.2. The van der Waals surface area contributed by atoms with Crippen LogP contribution in [0.3, 0.4) is 0 Å². The van der Waals surface area contributed by atoms with Crippen LogP contribution in [0.25, 0.3) is 0 Å². The maximum Gasteiger partial charge on any atom is 0.328 e. The Balaban J connectivity index is 1.79. The monoisotopic (exact) mass is 361 g/mol. The molecule has 6 nitrogen and oxygen atoms in total. The Labute approximate surface area is 147 Å². The first-order valence-electron chi connectivity index (χ1n) is 7.39. The number of carbonyl (C=O) groups is 3. The van der Waals surface area contributed by atoms with E-state index in [-0.39, 0.29) is 6.54 Å². The zero-order valence-electron chi connectivity index (χ0n) is 12.8. The van der Waals surface area contributed by atoms with E-state index in [1.54, 1.807) is 12.1 Å². The number of halogens is 2. The molecule has 1 saturated heterocycles. The maximum absolute atomic E-state index is 12.9. The highest BCUT2D eigenvalue weighted by atomic mass is 35.5. The largest absolute Gasteiger partial charge is 0.336 e. The van der Waals surface area contributed by atoms with Gasteiger partial charge in [-0.15, -0.1) is 0 Å². The second kappa shape index (κ2) is 6.90. The molecule has 1 aliphatic heterocycles. The molecule has 1 fully saturated rings. The summed E-state index contributed by atoms with van der Waals surface area (Å²) in [6.07, 6.45) is 0. The SMILES string of the molecule is O=C(Nc1ccc(F)cc1)C1CNC(=O)N(c2ccc(Cl)cc2)C1=O. The average Bonchev–Trinajstić information content (AvgIpc) is 2.58. The second-order valence-electron chi connectivity index (χ2n) is 5.38. The summed E-state index contributed by atoms with van der Waals surface area (Å²) >= 11 is 5.81. The fourth-order valence-corrected chi connectivity index (χ4v) is 2.54. The van der Waals surface area contributed by atoms with E-state index in [0.717, 1.165) is 4.90 Å². The van der Waals surface area contributed by atoms with Gasteiger partial charge in [-0.2, -0.15) is 0 Å². The van der Waals surface area contributed by atoms with Crippen molar-refractivity contribution in [2.24, 2.45) is 5.92 Å². The number of carbonyl (C=O) groups excluding carboxylic acids is 3. The van der Waals surface area contributed by atoms with Gasteiger partial charge in [0.05, 0.1) is 5.69 Å². The molecule has 4 amide bonds. The molecule has 1 aliphatic rings. The van der Waals surface area contributed by atoms with Gasteiger partial charge >= 0.3 is 6.03 Å². The first-order chi connectivity index (χ1) is 12.0. The molecule has 3 rings (SSSR count). The number of imide groups is 1. The quantitative estimate of drug-likeness (QED) is 0.825. The predicted octanol–water partition coefficient (Wildman–Crippen LogP) is 2.79. The van der Waals surface area contributed by atoms with E-state index in [0.29, 0.717) is 16.4 Å². The molecule has 0 spiro atoms. The first kappa shape index (κ1) is 16.9. The topological polar surface area (TPSA) is 78.5 Å². The summed E-state index contributed by atoms with van der Waals surface area (Å²) < 4.78 is 12.9. The highest BCUT2D eigenvalue weighted by Crippen LogP contribution is 2.23. The standard InChI is InChI=1S/C17H13ClFN3O3/c18-10-1-7-13(8-2-10)22-16(24)14(9-20-17(22)25)15(23)21-12-5-3-11(19)4-6-12/h1-8,14H,9H2,(H,20,25)(H,21,23). The molecule has 0 aliphatic carbocycles. The van der Waals surface area contributed by atoms with Gasteiger partial charge in [-0.05, 0) is 48.5 Å². The highest BCUT2D eigenvalue weighted by molar-refractivity contribution is 6.30. The van der Waals surface area contributed by atoms with Crippen molar-refractivity contribution in [1.29, 1.82) is 0 Å². The van der Waals surface area contributed by atoms with E-state index in [1.165, 1.54) is 36.4 Å². The van der Waals surface area contributed by atoms with E-state index >= 15 is 0 Å². The van der Waals surface area contributed by atoms with E-state index in [2.05, 4.69) is 10.6 Å². The van der Waals surface area contributed by atoms with Crippen molar-refractivity contribution in [3.05, 3.63) is 59.4 Å². The Hall–Kier alpha value is -2.93. The summed E-state index contributed by atoms with van der Waals surface area (Å²) in [5, 5.41) is 5.51. The summed E-state index contributed by atoms with van der Waals surface area (Å²) in [6, 6.07) is 10.7. The number of nitrogens with zero attached hydrogens (tertiary/aromatic N) is 1. The molecule has 0 saturated carbocycles. The first-order valence-corrected chi connectivity index (χ1v) is 7.77. The fraction of sp³-hybridized carbons (Fsp3) is 0.118. The Kier molecular flexibility index (Phi) is 4.67. The van der Waals surface area contributed by atoms with Gasteiger partial charge < -0.3 is 10.6 Å². The third-order valence-electron chi connectivity index (χ3n) is 3.69. The van der Waals surface area contributed by atoms with Crippen molar-refractivity contribution >= 4 is 40.8 Å². The molecule has 25 heavy (non-hydrogen) atoms. The van der Waals surface area contributed by atoms with Gasteiger partial charge in [0.2, 0.25) is 11.8 Å². The van der Waals surface area contributed by atoms with Crippen LogP contribution in [0.1, 0.15) is 0 Å². The number of rotatable bonds is 3. The molecular weight excluding hydrogens is 349 g/mol. The lowest BCUT2D eigenvalue weighted by atomic mass is 10.0. The smallest absolute Gasteiger partial charge is 0.328 e. The number of hydrogen-bond acceptors (Lipinski definition) is 3. The number of urea groups is 1. The van der Waals surface area contributed by atoms with Gasteiger partial charge in [0.15, 0.2) is 0 Å². The van der Waals surface area contributed by atoms with Crippen LogP contribution in [0.2, 0.25) is 5.02 Å². The predicted molar refractivity (Wildman–Crippen MR) is 90.9 cm³/mol. The molecular formula is C17H13ClFN3O3. The lowest BCUT2D eigenvalue weighted by Crippen LogP contribution is -2.58. The molecule has 8 heteroatoms. The second-order valence-corrected chi connectivity index (χ2v) is 5.82. The Morgan fingerprint density at radius 1 is 1.12 bits per heavy atom. The van der Waals surface area contributed by atoms with Crippen molar-refractivity contribution in [3.8, 4) is 0 Å². The van der Waals surface area contributed by atoms with Crippen LogP contribution in [0.15, 0.2) is 48.5 Å². The van der Waals surface area contributed by atoms with Crippen LogP contribution in [-0.2, 0) is 9.59 Å².